The monoisotopic (exact) mass is 271 g/mol. The van der Waals surface area contributed by atoms with Gasteiger partial charge >= 0.3 is 0 Å². The quantitative estimate of drug-likeness (QED) is 0.840. The van der Waals surface area contributed by atoms with Gasteiger partial charge in [0.15, 0.2) is 0 Å². The summed E-state index contributed by atoms with van der Waals surface area (Å²) in [7, 11) is 0. The Morgan fingerprint density at radius 2 is 2.00 bits per heavy atom. The molecule has 4 heteroatoms. The van der Waals surface area contributed by atoms with E-state index in [0.717, 1.165) is 5.56 Å². The predicted molar refractivity (Wildman–Crippen MR) is 74.4 cm³/mol. The summed E-state index contributed by atoms with van der Waals surface area (Å²) < 4.78 is 18.8. The molecular weight excluding hydrogens is 257 g/mol. The van der Waals surface area contributed by atoms with Crippen molar-refractivity contribution >= 4 is 11.6 Å². The first-order chi connectivity index (χ1) is 9.74. The molecular formula is C16H14FNO2. The minimum Gasteiger partial charge on any atom is -0.490 e. The Morgan fingerprint density at radius 1 is 1.20 bits per heavy atom. The Labute approximate surface area is 116 Å². The maximum absolute atomic E-state index is 13.4. The highest BCUT2D eigenvalue weighted by molar-refractivity contribution is 5.96. The van der Waals surface area contributed by atoms with Gasteiger partial charge in [0, 0.05) is 6.07 Å². The number of nitrogens with zero attached hydrogens (tertiary/aromatic N) is 1. The fraction of sp³-hybridized carbons (Fsp3) is 0.188. The molecule has 2 aromatic carbocycles. The second kappa shape index (κ2) is 5.33. The van der Waals surface area contributed by atoms with Crippen LogP contribution in [0.4, 0.5) is 10.1 Å². The Morgan fingerprint density at radius 3 is 2.80 bits per heavy atom. The van der Waals surface area contributed by atoms with Gasteiger partial charge in [-0.2, -0.15) is 0 Å². The van der Waals surface area contributed by atoms with Gasteiger partial charge in [-0.1, -0.05) is 30.3 Å². The molecule has 3 rings (SSSR count). The van der Waals surface area contributed by atoms with Crippen LogP contribution in [0.5, 0.6) is 5.75 Å². The van der Waals surface area contributed by atoms with Crippen LogP contribution in [0, 0.1) is 5.82 Å². The first-order valence-electron chi connectivity index (χ1n) is 6.51. The standard InChI is InChI=1S/C16H14FNO2/c17-13-6-7-15-14(11-13)18(8-9-20-15)16(19)10-12-4-2-1-3-5-12/h1-7,11H,8-10H2. The summed E-state index contributed by atoms with van der Waals surface area (Å²) in [6, 6.07) is 13.8. The van der Waals surface area contributed by atoms with Crippen molar-refractivity contribution in [2.24, 2.45) is 0 Å². The number of ether oxygens (including phenoxy) is 1. The Bertz CT molecular complexity index is 628. The van der Waals surface area contributed by atoms with Gasteiger partial charge in [-0.15, -0.1) is 0 Å². The maximum Gasteiger partial charge on any atom is 0.231 e. The maximum atomic E-state index is 13.4. The van der Waals surface area contributed by atoms with Crippen molar-refractivity contribution < 1.29 is 13.9 Å². The molecule has 2 aromatic rings. The SMILES string of the molecule is O=C(Cc1ccccc1)N1CCOc2ccc(F)cc21. The van der Waals surface area contributed by atoms with Crippen LogP contribution in [-0.4, -0.2) is 19.1 Å². The van der Waals surface area contributed by atoms with Crippen molar-refractivity contribution in [1.29, 1.82) is 0 Å². The highest BCUT2D eigenvalue weighted by Crippen LogP contribution is 2.32. The topological polar surface area (TPSA) is 29.5 Å². The number of rotatable bonds is 2. The first kappa shape index (κ1) is 12.7. The van der Waals surface area contributed by atoms with Gasteiger partial charge in [0.05, 0.1) is 18.7 Å². The van der Waals surface area contributed by atoms with Crippen molar-refractivity contribution in [3.63, 3.8) is 0 Å². The molecule has 0 saturated heterocycles. The normalized spacial score (nSPS) is 13.6. The van der Waals surface area contributed by atoms with Crippen LogP contribution in [0.1, 0.15) is 5.56 Å². The second-order valence-electron chi connectivity index (χ2n) is 4.67. The molecule has 1 heterocycles. The number of benzene rings is 2. The fourth-order valence-electron chi connectivity index (χ4n) is 2.32. The summed E-state index contributed by atoms with van der Waals surface area (Å²) in [5, 5.41) is 0. The van der Waals surface area contributed by atoms with Crippen molar-refractivity contribution in [3.05, 3.63) is 59.9 Å². The summed E-state index contributed by atoms with van der Waals surface area (Å²) >= 11 is 0. The van der Waals surface area contributed by atoms with Crippen LogP contribution < -0.4 is 9.64 Å². The largest absolute Gasteiger partial charge is 0.490 e. The number of hydrogen-bond donors (Lipinski definition) is 0. The first-order valence-corrected chi connectivity index (χ1v) is 6.51. The van der Waals surface area contributed by atoms with Crippen LogP contribution in [0.15, 0.2) is 48.5 Å². The van der Waals surface area contributed by atoms with Gasteiger partial charge < -0.3 is 9.64 Å². The average Bonchev–Trinajstić information content (AvgIpc) is 2.47. The summed E-state index contributed by atoms with van der Waals surface area (Å²) in [5.74, 6) is 0.136. The van der Waals surface area contributed by atoms with E-state index in [9.17, 15) is 9.18 Å². The van der Waals surface area contributed by atoms with E-state index < -0.39 is 0 Å². The average molecular weight is 271 g/mol. The molecule has 0 spiro atoms. The van der Waals surface area contributed by atoms with Gasteiger partial charge in [0.2, 0.25) is 5.91 Å². The third kappa shape index (κ3) is 2.50. The molecule has 1 aliphatic rings. The van der Waals surface area contributed by atoms with Gasteiger partial charge in [-0.25, -0.2) is 4.39 Å². The molecule has 0 aliphatic carbocycles. The molecule has 0 radical (unpaired) electrons. The third-order valence-corrected chi connectivity index (χ3v) is 3.28. The molecule has 3 nitrogen and oxygen atoms in total. The Kier molecular flexibility index (Phi) is 3.37. The lowest BCUT2D eigenvalue weighted by molar-refractivity contribution is -0.118. The van der Waals surface area contributed by atoms with E-state index in [4.69, 9.17) is 4.74 Å². The number of carbonyl (C=O) groups is 1. The number of anilines is 1. The summed E-state index contributed by atoms with van der Waals surface area (Å²) in [6.07, 6.45) is 0.302. The fourth-order valence-corrected chi connectivity index (χ4v) is 2.32. The minimum absolute atomic E-state index is 0.0497. The van der Waals surface area contributed by atoms with Gasteiger partial charge in [0.25, 0.3) is 0 Å². The lowest BCUT2D eigenvalue weighted by atomic mass is 10.1. The number of fused-ring (bicyclic) bond motifs is 1. The van der Waals surface area contributed by atoms with Crippen LogP contribution in [0.2, 0.25) is 0 Å². The molecule has 0 bridgehead atoms. The number of halogens is 1. The van der Waals surface area contributed by atoms with E-state index in [2.05, 4.69) is 0 Å². The van der Waals surface area contributed by atoms with Gasteiger partial charge in [0.1, 0.15) is 18.2 Å². The van der Waals surface area contributed by atoms with E-state index in [0.29, 0.717) is 31.0 Å². The van der Waals surface area contributed by atoms with E-state index >= 15 is 0 Å². The lowest BCUT2D eigenvalue weighted by Gasteiger charge is -2.29. The van der Waals surface area contributed by atoms with Crippen molar-refractivity contribution in [2.75, 3.05) is 18.1 Å². The van der Waals surface area contributed by atoms with Crippen LogP contribution >= 0.6 is 0 Å². The van der Waals surface area contributed by atoms with Crippen LogP contribution in [-0.2, 0) is 11.2 Å². The van der Waals surface area contributed by atoms with Gasteiger partial charge in [-0.3, -0.25) is 4.79 Å². The van der Waals surface area contributed by atoms with Crippen molar-refractivity contribution in [3.8, 4) is 5.75 Å². The Hall–Kier alpha value is -2.36. The molecule has 1 aliphatic heterocycles. The predicted octanol–water partition coefficient (Wildman–Crippen LogP) is 2.79. The van der Waals surface area contributed by atoms with Crippen LogP contribution in [0.25, 0.3) is 0 Å². The number of amides is 1. The second-order valence-corrected chi connectivity index (χ2v) is 4.67. The molecule has 0 atom stereocenters. The zero-order valence-corrected chi connectivity index (χ0v) is 10.9. The third-order valence-electron chi connectivity index (χ3n) is 3.28. The molecule has 0 N–H and O–H groups in total. The van der Waals surface area contributed by atoms with E-state index in [-0.39, 0.29) is 11.7 Å². The molecule has 20 heavy (non-hydrogen) atoms. The highest BCUT2D eigenvalue weighted by atomic mass is 19.1. The highest BCUT2D eigenvalue weighted by Gasteiger charge is 2.24. The summed E-state index contributed by atoms with van der Waals surface area (Å²) in [5.41, 5.74) is 1.46. The molecule has 0 unspecified atom stereocenters. The zero-order valence-electron chi connectivity index (χ0n) is 10.9. The smallest absolute Gasteiger partial charge is 0.231 e. The van der Waals surface area contributed by atoms with E-state index in [1.807, 2.05) is 30.3 Å². The van der Waals surface area contributed by atoms with Crippen molar-refractivity contribution in [2.45, 2.75) is 6.42 Å². The van der Waals surface area contributed by atoms with Crippen LogP contribution in [0.3, 0.4) is 0 Å². The van der Waals surface area contributed by atoms with Crippen molar-refractivity contribution in [1.82, 2.24) is 0 Å². The molecule has 0 fully saturated rings. The molecule has 1 amide bonds. The minimum atomic E-state index is -0.369. The number of carbonyl (C=O) groups excluding carboxylic acids is 1. The molecule has 0 aromatic heterocycles. The summed E-state index contributed by atoms with van der Waals surface area (Å²) in [6.45, 7) is 0.876. The van der Waals surface area contributed by atoms with E-state index in [1.54, 1.807) is 11.0 Å². The van der Waals surface area contributed by atoms with E-state index in [1.165, 1.54) is 12.1 Å². The summed E-state index contributed by atoms with van der Waals surface area (Å²) in [4.78, 5) is 14.0. The van der Waals surface area contributed by atoms with Gasteiger partial charge in [-0.05, 0) is 17.7 Å². The number of hydrogen-bond acceptors (Lipinski definition) is 2. The molecule has 0 saturated carbocycles. The molecule has 102 valence electrons. The zero-order chi connectivity index (χ0) is 13.9. The lowest BCUT2D eigenvalue weighted by Crippen LogP contribution is -2.38. The Balaban J connectivity index is 1.85.